The van der Waals surface area contributed by atoms with E-state index in [1.807, 2.05) is 13.0 Å². The Kier molecular flexibility index (Phi) is 4.58. The van der Waals surface area contributed by atoms with Crippen LogP contribution in [0.2, 0.25) is 5.02 Å². The van der Waals surface area contributed by atoms with Crippen molar-refractivity contribution in [3.05, 3.63) is 27.0 Å². The van der Waals surface area contributed by atoms with E-state index in [-0.39, 0.29) is 5.96 Å². The molecular formula is C14H24ClN5O2S2. The minimum Gasteiger partial charge on any atom is -0.369 e. The first kappa shape index (κ1) is 19.2. The summed E-state index contributed by atoms with van der Waals surface area (Å²) in [4.78, 5) is 6.05. The van der Waals surface area contributed by atoms with E-state index in [2.05, 4.69) is 4.99 Å². The van der Waals surface area contributed by atoms with Gasteiger partial charge in [-0.2, -0.15) is 9.50 Å². The first-order valence-corrected chi connectivity index (χ1v) is 10.6. The largest absolute Gasteiger partial charge is 0.369 e. The molecule has 1 aliphatic rings. The first-order valence-electron chi connectivity index (χ1n) is 7.06. The van der Waals surface area contributed by atoms with Gasteiger partial charge in [-0.05, 0) is 25.5 Å². The molecule has 0 amide bonds. The molecule has 1 unspecified atom stereocenters. The number of guanidine groups is 1. The number of hydrogen-bond acceptors (Lipinski definition) is 8. The van der Waals surface area contributed by atoms with Crippen molar-refractivity contribution in [1.29, 1.82) is 0 Å². The van der Waals surface area contributed by atoms with E-state index in [9.17, 15) is 9.11 Å². The van der Waals surface area contributed by atoms with Crippen molar-refractivity contribution < 1.29 is 9.11 Å². The fourth-order valence-corrected chi connectivity index (χ4v) is 6.10. The summed E-state index contributed by atoms with van der Waals surface area (Å²) in [6, 6.07) is 1.82. The van der Waals surface area contributed by atoms with Crippen molar-refractivity contribution in [3.63, 3.8) is 0 Å². The second-order valence-corrected chi connectivity index (χ2v) is 11.3. The molecule has 0 fully saturated rings. The van der Waals surface area contributed by atoms with E-state index >= 15 is 0 Å². The van der Waals surface area contributed by atoms with Gasteiger partial charge in [0.2, 0.25) is 5.96 Å². The topological polar surface area (TPSA) is 111 Å². The Morgan fingerprint density at radius 3 is 2.62 bits per heavy atom. The lowest BCUT2D eigenvalue weighted by Crippen LogP contribution is -2.47. The molecule has 2 heterocycles. The Hall–Kier alpha value is -1.10. The standard InChI is InChI=1S/C14H24ClN5O2S2/c1-9(7-19(3)17)11-6-10(15)12(23-11)14(2)8-24(5,21,22)20(4)13(16)18-14/h6-8,21-22H,17H2,1-5H3,(H2,16,18). The number of hydrazine groups is 1. The van der Waals surface area contributed by atoms with Crippen LogP contribution in [-0.2, 0) is 5.54 Å². The van der Waals surface area contributed by atoms with E-state index in [4.69, 9.17) is 23.2 Å². The number of allylic oxidation sites excluding steroid dienone is 1. The molecule has 1 aliphatic heterocycles. The lowest BCUT2D eigenvalue weighted by molar-refractivity contribution is 0.431. The molecule has 7 nitrogen and oxygen atoms in total. The highest BCUT2D eigenvalue weighted by molar-refractivity contribution is 8.36. The van der Waals surface area contributed by atoms with Crippen LogP contribution in [0.3, 0.4) is 0 Å². The minimum absolute atomic E-state index is 0.0504. The average Bonchev–Trinajstić information content (AvgIpc) is 2.77. The van der Waals surface area contributed by atoms with Crippen molar-refractivity contribution in [2.75, 3.05) is 20.4 Å². The predicted octanol–water partition coefficient (Wildman–Crippen LogP) is 2.68. The van der Waals surface area contributed by atoms with Crippen LogP contribution in [0.1, 0.15) is 23.6 Å². The molecule has 0 radical (unpaired) electrons. The van der Waals surface area contributed by atoms with Crippen LogP contribution in [-0.4, -0.2) is 50.1 Å². The van der Waals surface area contributed by atoms with Gasteiger partial charge in [0.1, 0.15) is 5.54 Å². The van der Waals surface area contributed by atoms with Crippen molar-refractivity contribution in [2.45, 2.75) is 19.4 Å². The highest BCUT2D eigenvalue weighted by atomic mass is 35.5. The summed E-state index contributed by atoms with van der Waals surface area (Å²) in [5, 5.41) is 3.38. The number of thiophene rings is 1. The Bertz CT molecular complexity index is 797. The molecule has 0 spiro atoms. The third-order valence-corrected chi connectivity index (χ3v) is 8.24. The lowest BCUT2D eigenvalue weighted by Gasteiger charge is -2.53. The number of hydrogen-bond donors (Lipinski definition) is 4. The highest BCUT2D eigenvalue weighted by Gasteiger charge is 2.39. The van der Waals surface area contributed by atoms with Crippen LogP contribution in [0.4, 0.5) is 0 Å². The number of nitrogens with zero attached hydrogens (tertiary/aromatic N) is 3. The van der Waals surface area contributed by atoms with Gasteiger partial charge in [0, 0.05) is 36.8 Å². The normalized spacial score (nSPS) is 27.7. The molecule has 0 saturated heterocycles. The van der Waals surface area contributed by atoms with E-state index < -0.39 is 15.0 Å². The van der Waals surface area contributed by atoms with Gasteiger partial charge in [-0.25, -0.2) is 10.8 Å². The Morgan fingerprint density at radius 1 is 1.54 bits per heavy atom. The van der Waals surface area contributed by atoms with Gasteiger partial charge < -0.3 is 10.7 Å². The maximum Gasteiger partial charge on any atom is 0.209 e. The summed E-state index contributed by atoms with van der Waals surface area (Å²) in [6.07, 6.45) is 3.13. The Balaban J connectivity index is 2.62. The fraction of sp³-hybridized carbons (Fsp3) is 0.429. The van der Waals surface area contributed by atoms with E-state index in [1.165, 1.54) is 39.3 Å². The second kappa shape index (κ2) is 5.72. The number of nitrogens with two attached hydrogens (primary N) is 2. The number of halogens is 1. The van der Waals surface area contributed by atoms with Crippen molar-refractivity contribution in [1.82, 2.24) is 9.31 Å². The molecule has 0 aromatic carbocycles. The first-order chi connectivity index (χ1) is 10.7. The zero-order valence-electron chi connectivity index (χ0n) is 14.3. The van der Waals surface area contributed by atoms with Crippen LogP contribution in [0.25, 0.3) is 5.57 Å². The molecule has 1 aromatic rings. The average molecular weight is 394 g/mol. The van der Waals surface area contributed by atoms with Crippen molar-refractivity contribution >= 4 is 49.3 Å². The van der Waals surface area contributed by atoms with Crippen LogP contribution in [0, 0.1) is 0 Å². The van der Waals surface area contributed by atoms with Crippen LogP contribution in [0.5, 0.6) is 0 Å². The summed E-state index contributed by atoms with van der Waals surface area (Å²) < 4.78 is 22.6. The molecule has 2 rings (SSSR count). The van der Waals surface area contributed by atoms with Crippen molar-refractivity contribution in [3.8, 4) is 0 Å². The van der Waals surface area contributed by atoms with Crippen molar-refractivity contribution in [2.24, 2.45) is 16.6 Å². The van der Waals surface area contributed by atoms with Gasteiger partial charge in [0.05, 0.1) is 9.90 Å². The molecule has 24 heavy (non-hydrogen) atoms. The summed E-state index contributed by atoms with van der Waals surface area (Å²) in [5.41, 5.74) is 5.83. The number of aliphatic imine (C=N–C) groups is 1. The summed E-state index contributed by atoms with van der Waals surface area (Å²) in [7, 11) is -0.759. The fourth-order valence-electron chi connectivity index (χ4n) is 2.56. The monoisotopic (exact) mass is 393 g/mol. The van der Waals surface area contributed by atoms with Gasteiger partial charge in [0.15, 0.2) is 0 Å². The molecular weight excluding hydrogens is 370 g/mol. The van der Waals surface area contributed by atoms with Crippen LogP contribution >= 0.6 is 32.4 Å². The summed E-state index contributed by atoms with van der Waals surface area (Å²) >= 11 is 7.83. The molecule has 136 valence electrons. The van der Waals surface area contributed by atoms with Crippen LogP contribution < -0.4 is 11.6 Å². The Labute approximate surface area is 151 Å². The van der Waals surface area contributed by atoms with E-state index in [0.29, 0.717) is 9.90 Å². The zero-order chi connectivity index (χ0) is 18.5. The second-order valence-electron chi connectivity index (χ2n) is 6.34. The maximum absolute atomic E-state index is 10.7. The zero-order valence-corrected chi connectivity index (χ0v) is 16.7. The van der Waals surface area contributed by atoms with Gasteiger partial charge in [-0.3, -0.25) is 13.4 Å². The maximum atomic E-state index is 10.7. The molecule has 0 bridgehead atoms. The van der Waals surface area contributed by atoms with Gasteiger partial charge in [0.25, 0.3) is 0 Å². The van der Waals surface area contributed by atoms with Crippen LogP contribution in [0.15, 0.2) is 17.3 Å². The van der Waals surface area contributed by atoms with E-state index in [1.54, 1.807) is 20.2 Å². The molecule has 0 aliphatic carbocycles. The van der Waals surface area contributed by atoms with Gasteiger partial charge in [-0.1, -0.05) is 11.6 Å². The summed E-state index contributed by atoms with van der Waals surface area (Å²) in [5.74, 6) is 5.70. The van der Waals surface area contributed by atoms with Gasteiger partial charge in [-0.15, -0.1) is 11.3 Å². The van der Waals surface area contributed by atoms with Gasteiger partial charge >= 0.3 is 0 Å². The number of rotatable bonds is 3. The molecule has 10 heteroatoms. The molecule has 0 saturated carbocycles. The summed E-state index contributed by atoms with van der Waals surface area (Å²) in [6.45, 7) is 3.68. The molecule has 1 atom stereocenters. The molecule has 1 aromatic heterocycles. The molecule has 6 N–H and O–H groups in total. The smallest absolute Gasteiger partial charge is 0.209 e. The Morgan fingerprint density at radius 2 is 2.12 bits per heavy atom. The van der Waals surface area contributed by atoms with E-state index in [0.717, 1.165) is 10.5 Å². The predicted molar refractivity (Wildman–Crippen MR) is 107 cm³/mol. The lowest BCUT2D eigenvalue weighted by atomic mass is 10.0. The third-order valence-electron chi connectivity index (χ3n) is 3.78. The third kappa shape index (κ3) is 3.46. The highest BCUT2D eigenvalue weighted by Crippen LogP contribution is 2.55. The SMILES string of the molecule is CC(=CN(C)N)c1cc(Cl)c(C2(C)C=S(C)(O)(O)N(C)C(N)=N2)s1. The minimum atomic E-state index is -3.99. The quantitative estimate of drug-likeness (QED) is 0.357.